The zero-order chi connectivity index (χ0) is 12.2. The molecule has 0 amide bonds. The van der Waals surface area contributed by atoms with Crippen molar-refractivity contribution in [3.8, 4) is 0 Å². The minimum absolute atomic E-state index is 0.0518. The van der Waals surface area contributed by atoms with Crippen LogP contribution < -0.4 is 0 Å². The van der Waals surface area contributed by atoms with Crippen LogP contribution in [0.2, 0.25) is 0 Å². The Bertz CT molecular complexity index is 374. The lowest BCUT2D eigenvalue weighted by Crippen LogP contribution is -2.13. The van der Waals surface area contributed by atoms with Gasteiger partial charge in [0, 0.05) is 6.08 Å². The lowest BCUT2D eigenvalue weighted by Gasteiger charge is -2.05. The van der Waals surface area contributed by atoms with Crippen LogP contribution in [-0.2, 0) is 23.5 Å². The number of carboxylic acids is 2. The second kappa shape index (κ2) is 4.69. The Morgan fingerprint density at radius 2 is 1.53 bits per heavy atom. The highest BCUT2D eigenvalue weighted by molar-refractivity contribution is 7.46. The fraction of sp³-hybridized carbons (Fsp3) is 0. The minimum Gasteiger partial charge on any atom is -0.475 e. The van der Waals surface area contributed by atoms with Crippen molar-refractivity contribution < 1.29 is 43.5 Å². The number of hydrogen-bond acceptors (Lipinski definition) is 5. The lowest BCUT2D eigenvalue weighted by atomic mass is 10.3. The number of hydrogen-bond donors (Lipinski definition) is 4. The molecule has 9 nitrogen and oxygen atoms in total. The van der Waals surface area contributed by atoms with Gasteiger partial charge in [0.2, 0.25) is 5.76 Å². The van der Waals surface area contributed by atoms with E-state index in [1.54, 1.807) is 0 Å². The third-order valence-corrected chi connectivity index (χ3v) is 1.34. The predicted octanol–water partition coefficient (Wildman–Crippen LogP) is -1.28. The summed E-state index contributed by atoms with van der Waals surface area (Å²) in [6.45, 7) is 0. The van der Waals surface area contributed by atoms with Gasteiger partial charge in [-0.15, -0.1) is 0 Å². The average molecular weight is 240 g/mol. The number of ketones is 1. The Kier molecular flexibility index (Phi) is 4.16. The van der Waals surface area contributed by atoms with Gasteiger partial charge in [0.15, 0.2) is 0 Å². The quantitative estimate of drug-likeness (QED) is 0.198. The van der Waals surface area contributed by atoms with Gasteiger partial charge in [0.25, 0.3) is 5.78 Å². The first-order chi connectivity index (χ1) is 6.63. The molecule has 0 aliphatic rings. The molecule has 0 aromatic heterocycles. The van der Waals surface area contributed by atoms with E-state index in [2.05, 4.69) is 4.52 Å². The van der Waals surface area contributed by atoms with E-state index in [0.717, 1.165) is 0 Å². The van der Waals surface area contributed by atoms with Gasteiger partial charge in [-0.3, -0.25) is 14.6 Å². The number of carboxylic acid groups (broad SMARTS) is 2. The maximum Gasteiger partial charge on any atom is 0.525 e. The first-order valence-corrected chi connectivity index (χ1v) is 4.64. The van der Waals surface area contributed by atoms with Crippen LogP contribution in [-0.4, -0.2) is 37.7 Å². The summed E-state index contributed by atoms with van der Waals surface area (Å²) in [6, 6.07) is 0. The van der Waals surface area contributed by atoms with Crippen molar-refractivity contribution in [1.82, 2.24) is 0 Å². The lowest BCUT2D eigenvalue weighted by molar-refractivity contribution is -0.147. The smallest absolute Gasteiger partial charge is 0.475 e. The average Bonchev–Trinajstić information content (AvgIpc) is 1.99. The summed E-state index contributed by atoms with van der Waals surface area (Å²) in [4.78, 5) is 47.1. The third kappa shape index (κ3) is 5.57. The fourth-order valence-corrected chi connectivity index (χ4v) is 0.823. The third-order valence-electron chi connectivity index (χ3n) is 0.901. The molecule has 0 saturated carbocycles. The van der Waals surface area contributed by atoms with Crippen LogP contribution in [0.1, 0.15) is 0 Å². The van der Waals surface area contributed by atoms with Crippen LogP contribution in [0.4, 0.5) is 0 Å². The van der Waals surface area contributed by atoms with E-state index in [0.29, 0.717) is 0 Å². The van der Waals surface area contributed by atoms with Crippen molar-refractivity contribution in [1.29, 1.82) is 0 Å². The molecule has 0 radical (unpaired) electrons. The molecular formula is C5H5O9P. The Morgan fingerprint density at radius 3 is 1.80 bits per heavy atom. The van der Waals surface area contributed by atoms with Gasteiger partial charge >= 0.3 is 19.8 Å². The van der Waals surface area contributed by atoms with Crippen LogP contribution in [0, 0.1) is 0 Å². The summed E-state index contributed by atoms with van der Waals surface area (Å²) in [5, 5.41) is 16.4. The van der Waals surface area contributed by atoms with Crippen molar-refractivity contribution in [3.05, 3.63) is 11.8 Å². The van der Waals surface area contributed by atoms with Gasteiger partial charge in [-0.1, -0.05) is 0 Å². The normalized spacial score (nSPS) is 12.0. The highest BCUT2D eigenvalue weighted by Gasteiger charge is 2.24. The molecule has 0 aliphatic carbocycles. The Labute approximate surface area is 81.8 Å². The van der Waals surface area contributed by atoms with Crippen LogP contribution in [0.5, 0.6) is 0 Å². The molecule has 10 heteroatoms. The number of phosphoric acid groups is 1. The molecule has 0 fully saturated rings. The van der Waals surface area contributed by atoms with Gasteiger partial charge in [-0.25, -0.2) is 14.2 Å². The molecule has 4 N–H and O–H groups in total. The number of phosphoric ester groups is 1. The molecule has 0 bridgehead atoms. The van der Waals surface area contributed by atoms with Crippen LogP contribution >= 0.6 is 7.82 Å². The summed E-state index contributed by atoms with van der Waals surface area (Å²) >= 11 is 0. The second-order valence-electron chi connectivity index (χ2n) is 2.07. The predicted molar refractivity (Wildman–Crippen MR) is 41.5 cm³/mol. The summed E-state index contributed by atoms with van der Waals surface area (Å²) in [5.41, 5.74) is 0. The van der Waals surface area contributed by atoms with E-state index in [9.17, 15) is 18.9 Å². The molecule has 84 valence electrons. The molecule has 0 aromatic carbocycles. The number of carbonyl (C=O) groups excluding carboxylic acids is 1. The molecule has 0 unspecified atom stereocenters. The van der Waals surface area contributed by atoms with E-state index in [4.69, 9.17) is 20.0 Å². The summed E-state index contributed by atoms with van der Waals surface area (Å²) < 4.78 is 13.8. The molecule has 0 atom stereocenters. The molecule has 0 spiro atoms. The summed E-state index contributed by atoms with van der Waals surface area (Å²) in [6.07, 6.45) is -0.0518. The zero-order valence-corrected chi connectivity index (χ0v) is 7.75. The minimum atomic E-state index is -5.16. The Morgan fingerprint density at radius 1 is 1.07 bits per heavy atom. The standard InChI is InChI=1S/C5H5O9P/c6-2(4(7)8)1-3(5(9)10)14-15(11,12)13/h1H,(H,7,8)(H,9,10)(H2,11,12,13). The molecule has 0 saturated heterocycles. The van der Waals surface area contributed by atoms with Crippen LogP contribution in [0.15, 0.2) is 11.8 Å². The fourth-order valence-electron chi connectivity index (χ4n) is 0.436. The summed E-state index contributed by atoms with van der Waals surface area (Å²) in [7, 11) is -5.16. The largest absolute Gasteiger partial charge is 0.525 e. The molecule has 15 heavy (non-hydrogen) atoms. The number of carbonyl (C=O) groups is 3. The van der Waals surface area contributed by atoms with Crippen molar-refractivity contribution in [2.75, 3.05) is 0 Å². The first-order valence-electron chi connectivity index (χ1n) is 3.11. The van der Waals surface area contributed by atoms with Crippen molar-refractivity contribution in [2.24, 2.45) is 0 Å². The molecular weight excluding hydrogens is 235 g/mol. The topological polar surface area (TPSA) is 158 Å². The molecule has 0 rings (SSSR count). The molecule has 0 aliphatic heterocycles. The highest BCUT2D eigenvalue weighted by Crippen LogP contribution is 2.38. The van der Waals surface area contributed by atoms with Crippen LogP contribution in [0.25, 0.3) is 0 Å². The van der Waals surface area contributed by atoms with Gasteiger partial charge in [-0.05, 0) is 0 Å². The van der Waals surface area contributed by atoms with Gasteiger partial charge < -0.3 is 14.7 Å². The van der Waals surface area contributed by atoms with Crippen molar-refractivity contribution >= 4 is 25.5 Å². The molecule has 0 aromatic rings. The van der Waals surface area contributed by atoms with Crippen molar-refractivity contribution in [3.63, 3.8) is 0 Å². The Balaban J connectivity index is 4.99. The van der Waals surface area contributed by atoms with Gasteiger partial charge in [-0.2, -0.15) is 0 Å². The monoisotopic (exact) mass is 240 g/mol. The maximum atomic E-state index is 10.5. The van der Waals surface area contributed by atoms with Gasteiger partial charge in [0.1, 0.15) is 0 Å². The van der Waals surface area contributed by atoms with Gasteiger partial charge in [0.05, 0.1) is 0 Å². The SMILES string of the molecule is O=C(O)C(=O)C=C(OP(=O)(O)O)C(=O)O. The van der Waals surface area contributed by atoms with E-state index in [-0.39, 0.29) is 6.08 Å². The van der Waals surface area contributed by atoms with E-state index < -0.39 is 31.3 Å². The number of rotatable bonds is 5. The highest BCUT2D eigenvalue weighted by atomic mass is 31.2. The van der Waals surface area contributed by atoms with Crippen molar-refractivity contribution in [2.45, 2.75) is 0 Å². The zero-order valence-electron chi connectivity index (χ0n) is 6.85. The van der Waals surface area contributed by atoms with E-state index in [1.807, 2.05) is 0 Å². The Hall–Kier alpha value is -1.70. The van der Waals surface area contributed by atoms with Crippen LogP contribution in [0.3, 0.4) is 0 Å². The molecule has 0 heterocycles. The summed E-state index contributed by atoms with van der Waals surface area (Å²) in [5.74, 6) is -7.09. The maximum absolute atomic E-state index is 10.5. The van der Waals surface area contributed by atoms with E-state index in [1.165, 1.54) is 0 Å². The second-order valence-corrected chi connectivity index (χ2v) is 3.23. The number of aliphatic carboxylic acids is 2. The van der Waals surface area contributed by atoms with E-state index >= 15 is 0 Å². The first kappa shape index (κ1) is 13.3.